The Hall–Kier alpha value is -1.30. The second-order valence-electron chi connectivity index (χ2n) is 7.49. The molecule has 1 rings (SSSR count). The number of amides is 1. The number of ether oxygens (including phenoxy) is 1. The molecule has 0 aromatic rings. The smallest absolute Gasteiger partial charge is 0.241 e. The van der Waals surface area contributed by atoms with Crippen molar-refractivity contribution in [3.8, 4) is 0 Å². The molecule has 3 N–H and O–H groups in total. The molecule has 2 atom stereocenters. The first kappa shape index (κ1) is 20.7. The average Bonchev–Trinajstić information content (AvgIpc) is 2.54. The predicted octanol–water partition coefficient (Wildman–Crippen LogP) is 1.91. The Balaban J connectivity index is 2.56. The van der Waals surface area contributed by atoms with Crippen LogP contribution in [0.15, 0.2) is 4.99 Å². The van der Waals surface area contributed by atoms with Gasteiger partial charge in [-0.2, -0.15) is 0 Å². The molecule has 0 radical (unpaired) electrons. The molecule has 1 aliphatic heterocycles. The summed E-state index contributed by atoms with van der Waals surface area (Å²) in [6, 6.07) is 0. The summed E-state index contributed by atoms with van der Waals surface area (Å²) in [5.74, 6) is 1.11. The summed E-state index contributed by atoms with van der Waals surface area (Å²) in [5.41, 5.74) is 0.127. The second-order valence-corrected chi connectivity index (χ2v) is 7.49. The lowest BCUT2D eigenvalue weighted by atomic mass is 9.78. The predicted molar refractivity (Wildman–Crippen MR) is 99.2 cm³/mol. The summed E-state index contributed by atoms with van der Waals surface area (Å²) in [4.78, 5) is 16.1. The standard InChI is InChI=1S/C18H36N4O2/c1-6-10-20-15(23)13-22-17(19-7-2)21-12-14-9-8-11-24-16(14)18(3,4)5/h14,16H,6-13H2,1-5H3,(H,20,23)(H2,19,21,22). The van der Waals surface area contributed by atoms with Crippen LogP contribution in [0.5, 0.6) is 0 Å². The molecule has 1 saturated heterocycles. The van der Waals surface area contributed by atoms with Gasteiger partial charge in [0.05, 0.1) is 6.10 Å². The molecule has 24 heavy (non-hydrogen) atoms. The first-order valence-corrected chi connectivity index (χ1v) is 9.29. The maximum Gasteiger partial charge on any atom is 0.241 e. The van der Waals surface area contributed by atoms with Crippen molar-refractivity contribution in [1.29, 1.82) is 0 Å². The van der Waals surface area contributed by atoms with Gasteiger partial charge in [0, 0.05) is 32.2 Å². The largest absolute Gasteiger partial charge is 0.377 e. The number of hydrogen-bond acceptors (Lipinski definition) is 3. The van der Waals surface area contributed by atoms with Crippen LogP contribution in [0.25, 0.3) is 0 Å². The Morgan fingerprint density at radius 2 is 1.96 bits per heavy atom. The number of aliphatic imine (C=N–C) groups is 1. The highest BCUT2D eigenvalue weighted by molar-refractivity contribution is 5.84. The van der Waals surface area contributed by atoms with Crippen LogP contribution in [-0.2, 0) is 9.53 Å². The highest BCUT2D eigenvalue weighted by atomic mass is 16.5. The fraction of sp³-hybridized carbons (Fsp3) is 0.889. The summed E-state index contributed by atoms with van der Waals surface area (Å²) in [7, 11) is 0. The average molecular weight is 341 g/mol. The SMILES string of the molecule is CCCNC(=O)CN=C(NCC)NCC1CCCOC1C(C)(C)C. The van der Waals surface area contributed by atoms with E-state index in [0.717, 1.165) is 39.0 Å². The summed E-state index contributed by atoms with van der Waals surface area (Å²) in [6.07, 6.45) is 3.44. The van der Waals surface area contributed by atoms with E-state index in [-0.39, 0.29) is 24.0 Å². The van der Waals surface area contributed by atoms with E-state index >= 15 is 0 Å². The Bertz CT molecular complexity index is 404. The molecule has 6 nitrogen and oxygen atoms in total. The summed E-state index contributed by atoms with van der Waals surface area (Å²) in [5, 5.41) is 9.43. The lowest BCUT2D eigenvalue weighted by Crippen LogP contribution is -2.47. The number of nitrogens with one attached hydrogen (secondary N) is 3. The van der Waals surface area contributed by atoms with Gasteiger partial charge in [0.25, 0.3) is 0 Å². The number of carbonyl (C=O) groups excluding carboxylic acids is 1. The number of guanidine groups is 1. The molecule has 1 amide bonds. The topological polar surface area (TPSA) is 74.8 Å². The van der Waals surface area contributed by atoms with Crippen molar-refractivity contribution in [3.05, 3.63) is 0 Å². The van der Waals surface area contributed by atoms with Crippen molar-refractivity contribution >= 4 is 11.9 Å². The molecule has 0 aliphatic carbocycles. The zero-order valence-electron chi connectivity index (χ0n) is 16.1. The third-order valence-corrected chi connectivity index (χ3v) is 4.13. The van der Waals surface area contributed by atoms with Crippen molar-refractivity contribution in [2.45, 2.75) is 60.0 Å². The van der Waals surface area contributed by atoms with E-state index in [1.54, 1.807) is 0 Å². The highest BCUT2D eigenvalue weighted by Crippen LogP contribution is 2.33. The Labute approximate surface area is 147 Å². The Morgan fingerprint density at radius 3 is 2.58 bits per heavy atom. The molecule has 140 valence electrons. The molecule has 0 aromatic carbocycles. The molecule has 1 fully saturated rings. The minimum atomic E-state index is -0.0392. The first-order chi connectivity index (χ1) is 11.4. The van der Waals surface area contributed by atoms with Gasteiger partial charge in [-0.05, 0) is 31.6 Å². The molecular weight excluding hydrogens is 304 g/mol. The molecule has 1 heterocycles. The third kappa shape index (κ3) is 7.51. The van der Waals surface area contributed by atoms with E-state index in [1.165, 1.54) is 0 Å². The van der Waals surface area contributed by atoms with E-state index in [9.17, 15) is 4.79 Å². The maximum absolute atomic E-state index is 11.7. The van der Waals surface area contributed by atoms with Gasteiger partial charge in [0.1, 0.15) is 6.54 Å². The van der Waals surface area contributed by atoms with Crippen LogP contribution >= 0.6 is 0 Å². The van der Waals surface area contributed by atoms with Gasteiger partial charge >= 0.3 is 0 Å². The van der Waals surface area contributed by atoms with Gasteiger partial charge in [-0.1, -0.05) is 27.7 Å². The van der Waals surface area contributed by atoms with Gasteiger partial charge in [0.15, 0.2) is 5.96 Å². The van der Waals surface area contributed by atoms with E-state index < -0.39 is 0 Å². The fourth-order valence-corrected chi connectivity index (χ4v) is 3.05. The van der Waals surface area contributed by atoms with E-state index in [4.69, 9.17) is 4.74 Å². The molecule has 0 saturated carbocycles. The van der Waals surface area contributed by atoms with Crippen molar-refractivity contribution < 1.29 is 9.53 Å². The van der Waals surface area contributed by atoms with Crippen LogP contribution in [0.3, 0.4) is 0 Å². The van der Waals surface area contributed by atoms with Crippen LogP contribution < -0.4 is 16.0 Å². The van der Waals surface area contributed by atoms with Gasteiger partial charge in [-0.25, -0.2) is 4.99 Å². The van der Waals surface area contributed by atoms with Crippen LogP contribution in [0, 0.1) is 11.3 Å². The monoisotopic (exact) mass is 340 g/mol. The third-order valence-electron chi connectivity index (χ3n) is 4.13. The van der Waals surface area contributed by atoms with E-state index in [0.29, 0.717) is 18.4 Å². The zero-order chi connectivity index (χ0) is 18.0. The molecule has 6 heteroatoms. The van der Waals surface area contributed by atoms with Gasteiger partial charge < -0.3 is 20.7 Å². The van der Waals surface area contributed by atoms with Crippen LogP contribution in [-0.4, -0.2) is 50.8 Å². The van der Waals surface area contributed by atoms with Crippen molar-refractivity contribution in [3.63, 3.8) is 0 Å². The second kappa shape index (κ2) is 10.5. The normalized spacial score (nSPS) is 22.1. The highest BCUT2D eigenvalue weighted by Gasteiger charge is 2.35. The molecular formula is C18H36N4O2. The number of carbonyl (C=O) groups is 1. The van der Waals surface area contributed by atoms with Gasteiger partial charge in [-0.15, -0.1) is 0 Å². The van der Waals surface area contributed by atoms with E-state index in [1.807, 2.05) is 13.8 Å². The fourth-order valence-electron chi connectivity index (χ4n) is 3.05. The van der Waals surface area contributed by atoms with Crippen molar-refractivity contribution in [1.82, 2.24) is 16.0 Å². The Morgan fingerprint density at radius 1 is 1.21 bits per heavy atom. The molecule has 1 aliphatic rings. The summed E-state index contributed by atoms with van der Waals surface area (Å²) < 4.78 is 6.03. The van der Waals surface area contributed by atoms with Crippen LogP contribution in [0.1, 0.15) is 53.9 Å². The lowest BCUT2D eigenvalue weighted by molar-refractivity contribution is -0.119. The molecule has 0 aromatic heterocycles. The van der Waals surface area contributed by atoms with Crippen molar-refractivity contribution in [2.75, 3.05) is 32.8 Å². The Kier molecular flexibility index (Phi) is 9.11. The van der Waals surface area contributed by atoms with Crippen LogP contribution in [0.2, 0.25) is 0 Å². The maximum atomic E-state index is 11.7. The summed E-state index contributed by atoms with van der Waals surface area (Å²) >= 11 is 0. The molecule has 0 bridgehead atoms. The van der Waals surface area contributed by atoms with Crippen molar-refractivity contribution in [2.24, 2.45) is 16.3 Å². The minimum absolute atomic E-state index is 0.0392. The quantitative estimate of drug-likeness (QED) is 0.489. The van der Waals surface area contributed by atoms with E-state index in [2.05, 4.69) is 41.7 Å². The molecule has 2 unspecified atom stereocenters. The molecule has 0 spiro atoms. The number of nitrogens with zero attached hydrogens (tertiary/aromatic N) is 1. The lowest BCUT2D eigenvalue weighted by Gasteiger charge is -2.40. The van der Waals surface area contributed by atoms with Crippen LogP contribution in [0.4, 0.5) is 0 Å². The van der Waals surface area contributed by atoms with Gasteiger partial charge in [0.2, 0.25) is 5.91 Å². The number of hydrogen-bond donors (Lipinski definition) is 3. The summed E-state index contributed by atoms with van der Waals surface area (Å²) in [6.45, 7) is 14.0. The van der Waals surface area contributed by atoms with Gasteiger partial charge in [-0.3, -0.25) is 4.79 Å². The first-order valence-electron chi connectivity index (χ1n) is 9.29. The number of rotatable bonds is 7. The zero-order valence-corrected chi connectivity index (χ0v) is 16.1. The minimum Gasteiger partial charge on any atom is -0.377 e.